The summed E-state index contributed by atoms with van der Waals surface area (Å²) < 4.78 is 0. The van der Waals surface area contributed by atoms with E-state index in [1.165, 1.54) is 30.4 Å². The van der Waals surface area contributed by atoms with Gasteiger partial charge >= 0.3 is 0 Å². The maximum Gasteiger partial charge on any atom is 0.254 e. The zero-order valence-electron chi connectivity index (χ0n) is 19.4. The topological polar surface area (TPSA) is 33.2 Å². The average Bonchev–Trinajstić information content (AvgIpc) is 3.32. The quantitative estimate of drug-likeness (QED) is 0.422. The van der Waals surface area contributed by atoms with Gasteiger partial charge in [-0.1, -0.05) is 55.5 Å². The van der Waals surface area contributed by atoms with Gasteiger partial charge < -0.3 is 4.90 Å². The Hall–Kier alpha value is -2.94. The first-order chi connectivity index (χ1) is 15.5. The van der Waals surface area contributed by atoms with E-state index in [1.54, 1.807) is 11.1 Å². The van der Waals surface area contributed by atoms with Crippen LogP contribution in [-0.2, 0) is 6.42 Å². The second-order valence-corrected chi connectivity index (χ2v) is 9.39. The van der Waals surface area contributed by atoms with Crippen LogP contribution in [-0.4, -0.2) is 22.8 Å². The van der Waals surface area contributed by atoms with Gasteiger partial charge in [-0.2, -0.15) is 0 Å². The molecule has 1 saturated carbocycles. The van der Waals surface area contributed by atoms with Gasteiger partial charge in [0.15, 0.2) is 0 Å². The van der Waals surface area contributed by atoms with Crippen molar-refractivity contribution in [2.24, 2.45) is 11.8 Å². The third-order valence-corrected chi connectivity index (χ3v) is 7.36. The summed E-state index contributed by atoms with van der Waals surface area (Å²) in [6.45, 7) is 4.40. The molecule has 2 aromatic carbocycles. The lowest BCUT2D eigenvalue weighted by Gasteiger charge is -2.24. The Morgan fingerprint density at radius 1 is 0.969 bits per heavy atom. The van der Waals surface area contributed by atoms with Gasteiger partial charge in [-0.25, -0.2) is 0 Å². The molecule has 0 radical (unpaired) electrons. The van der Waals surface area contributed by atoms with Crippen LogP contribution in [0, 0.1) is 11.8 Å². The van der Waals surface area contributed by atoms with E-state index in [0.29, 0.717) is 5.92 Å². The van der Waals surface area contributed by atoms with Crippen LogP contribution in [0.1, 0.15) is 72.2 Å². The minimum absolute atomic E-state index is 0.0346. The first-order valence-electron chi connectivity index (χ1n) is 11.8. The molecule has 1 heterocycles. The minimum atomic E-state index is -0.0644. The molecule has 0 aliphatic heterocycles. The summed E-state index contributed by atoms with van der Waals surface area (Å²) in [5.41, 5.74) is 4.44. The zero-order valence-corrected chi connectivity index (χ0v) is 19.4. The van der Waals surface area contributed by atoms with Gasteiger partial charge in [0.2, 0.25) is 0 Å². The van der Waals surface area contributed by atoms with E-state index >= 15 is 0 Å². The number of amides is 1. The molecule has 0 N–H and O–H groups in total. The van der Waals surface area contributed by atoms with Crippen molar-refractivity contribution in [1.29, 1.82) is 0 Å². The van der Waals surface area contributed by atoms with Gasteiger partial charge in [-0.3, -0.25) is 9.78 Å². The van der Waals surface area contributed by atoms with Crippen molar-refractivity contribution < 1.29 is 4.79 Å². The first-order valence-corrected chi connectivity index (χ1v) is 11.8. The molecule has 4 rings (SSSR count). The number of hydrogen-bond acceptors (Lipinski definition) is 2. The fourth-order valence-corrected chi connectivity index (χ4v) is 5.10. The van der Waals surface area contributed by atoms with Crippen LogP contribution in [0.2, 0.25) is 0 Å². The molecule has 0 spiro atoms. The fraction of sp³-hybridized carbons (Fsp3) is 0.379. The monoisotopic (exact) mass is 426 g/mol. The van der Waals surface area contributed by atoms with E-state index in [4.69, 9.17) is 0 Å². The molecular weight excluding hydrogens is 392 g/mol. The second-order valence-electron chi connectivity index (χ2n) is 9.39. The molecule has 1 aromatic heterocycles. The summed E-state index contributed by atoms with van der Waals surface area (Å²) in [6.07, 6.45) is 6.78. The number of benzene rings is 2. The molecule has 1 aliphatic rings. The fourth-order valence-electron chi connectivity index (χ4n) is 5.10. The zero-order chi connectivity index (χ0) is 22.5. The van der Waals surface area contributed by atoms with E-state index in [1.807, 2.05) is 44.3 Å². The summed E-state index contributed by atoms with van der Waals surface area (Å²) in [5.74, 6) is 2.16. The molecular formula is C29H34N2O. The van der Waals surface area contributed by atoms with E-state index < -0.39 is 0 Å². The van der Waals surface area contributed by atoms with Gasteiger partial charge in [0.05, 0.1) is 11.7 Å². The highest BCUT2D eigenvalue weighted by Crippen LogP contribution is 2.41. The lowest BCUT2D eigenvalue weighted by atomic mass is 9.85. The molecule has 1 aliphatic carbocycles. The molecule has 3 aromatic rings. The van der Waals surface area contributed by atoms with Gasteiger partial charge in [0.1, 0.15) is 0 Å². The van der Waals surface area contributed by atoms with Crippen LogP contribution in [0.3, 0.4) is 0 Å². The predicted molar refractivity (Wildman–Crippen MR) is 131 cm³/mol. The summed E-state index contributed by atoms with van der Waals surface area (Å²) in [5, 5.41) is 0. The highest BCUT2D eigenvalue weighted by Gasteiger charge is 2.29. The number of carbonyl (C=O) groups excluding carboxylic acids is 1. The van der Waals surface area contributed by atoms with Crippen molar-refractivity contribution in [3.63, 3.8) is 0 Å². The lowest BCUT2D eigenvalue weighted by molar-refractivity contribution is 0.0740. The van der Waals surface area contributed by atoms with Crippen LogP contribution in [0.25, 0.3) is 0 Å². The van der Waals surface area contributed by atoms with Crippen molar-refractivity contribution in [2.75, 3.05) is 7.05 Å². The average molecular weight is 427 g/mol. The molecule has 3 nitrogen and oxygen atoms in total. The van der Waals surface area contributed by atoms with Crippen molar-refractivity contribution >= 4 is 5.91 Å². The predicted octanol–water partition coefficient (Wildman–Crippen LogP) is 6.68. The molecule has 1 amide bonds. The van der Waals surface area contributed by atoms with E-state index in [-0.39, 0.29) is 11.9 Å². The number of hydrogen-bond donors (Lipinski definition) is 0. The Morgan fingerprint density at radius 3 is 2.38 bits per heavy atom. The van der Waals surface area contributed by atoms with Crippen LogP contribution in [0.4, 0.5) is 0 Å². The second kappa shape index (κ2) is 10.1. The Bertz CT molecular complexity index is 1000. The Morgan fingerprint density at radius 2 is 1.69 bits per heavy atom. The highest BCUT2D eigenvalue weighted by molar-refractivity contribution is 5.94. The summed E-state index contributed by atoms with van der Waals surface area (Å²) in [4.78, 5) is 19.1. The van der Waals surface area contributed by atoms with Gasteiger partial charge in [0.25, 0.3) is 5.91 Å². The van der Waals surface area contributed by atoms with E-state index in [0.717, 1.165) is 29.5 Å². The van der Waals surface area contributed by atoms with Crippen molar-refractivity contribution in [1.82, 2.24) is 9.88 Å². The van der Waals surface area contributed by atoms with Crippen LogP contribution < -0.4 is 0 Å². The lowest BCUT2D eigenvalue weighted by Crippen LogP contribution is -2.30. The SMILES string of the molecule is CC(c1ccccn1)N(C)C(=O)c1ccc(CC2CC[C@H]([C@H](C)c3ccccc3)C2)cc1. The standard InChI is InChI=1S/C29H34N2O/c1-21(25-9-5-4-6-10-25)27-17-14-24(20-27)19-23-12-15-26(16-13-23)29(32)31(3)22(2)28-11-7-8-18-30-28/h4-13,15-16,18,21-22,24,27H,14,17,19-20H2,1-3H3/t21-,22?,24?,27+/m1/s1. The third-order valence-electron chi connectivity index (χ3n) is 7.36. The number of carbonyl (C=O) groups is 1. The van der Waals surface area contributed by atoms with Crippen LogP contribution in [0.5, 0.6) is 0 Å². The molecule has 32 heavy (non-hydrogen) atoms. The van der Waals surface area contributed by atoms with Gasteiger partial charge in [-0.05, 0) is 85.8 Å². The number of pyridine rings is 1. The molecule has 4 atom stereocenters. The van der Waals surface area contributed by atoms with Crippen molar-refractivity contribution in [3.8, 4) is 0 Å². The number of nitrogens with zero attached hydrogens (tertiary/aromatic N) is 2. The molecule has 3 heteroatoms. The molecule has 1 fully saturated rings. The maximum absolute atomic E-state index is 13.0. The molecule has 166 valence electrons. The number of rotatable bonds is 7. The largest absolute Gasteiger partial charge is 0.333 e. The highest BCUT2D eigenvalue weighted by atomic mass is 16.2. The van der Waals surface area contributed by atoms with Crippen molar-refractivity contribution in [3.05, 3.63) is 101 Å². The molecule has 0 saturated heterocycles. The summed E-state index contributed by atoms with van der Waals surface area (Å²) in [6, 6.07) is 24.9. The smallest absolute Gasteiger partial charge is 0.254 e. The summed E-state index contributed by atoms with van der Waals surface area (Å²) >= 11 is 0. The summed E-state index contributed by atoms with van der Waals surface area (Å²) in [7, 11) is 1.85. The van der Waals surface area contributed by atoms with Crippen LogP contribution >= 0.6 is 0 Å². The van der Waals surface area contributed by atoms with Gasteiger partial charge in [0, 0.05) is 18.8 Å². The van der Waals surface area contributed by atoms with E-state index in [2.05, 4.69) is 54.4 Å². The number of aromatic nitrogens is 1. The minimum Gasteiger partial charge on any atom is -0.333 e. The Kier molecular flexibility index (Phi) is 7.04. The van der Waals surface area contributed by atoms with Crippen molar-refractivity contribution in [2.45, 2.75) is 51.5 Å². The van der Waals surface area contributed by atoms with Crippen LogP contribution in [0.15, 0.2) is 79.0 Å². The Labute approximate surface area is 192 Å². The van der Waals surface area contributed by atoms with E-state index in [9.17, 15) is 4.79 Å². The normalized spacial score (nSPS) is 20.0. The Balaban J connectivity index is 1.33. The maximum atomic E-state index is 13.0. The van der Waals surface area contributed by atoms with Gasteiger partial charge in [-0.15, -0.1) is 0 Å². The third kappa shape index (κ3) is 5.09. The molecule has 2 unspecified atom stereocenters. The molecule has 0 bridgehead atoms. The first kappa shape index (κ1) is 22.3.